The Balaban J connectivity index is 1.24. The molecule has 0 unspecified atom stereocenters. The van der Waals surface area contributed by atoms with Crippen LogP contribution < -0.4 is 10.1 Å². The van der Waals surface area contributed by atoms with E-state index in [4.69, 9.17) is 28.4 Å². The van der Waals surface area contributed by atoms with Gasteiger partial charge >= 0.3 is 5.97 Å². The Kier molecular flexibility index (Phi) is 13.2. The van der Waals surface area contributed by atoms with Crippen molar-refractivity contribution in [3.63, 3.8) is 0 Å². The van der Waals surface area contributed by atoms with Crippen molar-refractivity contribution in [1.29, 1.82) is 0 Å². The number of amides is 1. The summed E-state index contributed by atoms with van der Waals surface area (Å²) in [5, 5.41) is 3.02. The summed E-state index contributed by atoms with van der Waals surface area (Å²) in [6.07, 6.45) is -3.00. The smallest absolute Gasteiger partial charge is 0.338 e. The maximum atomic E-state index is 12.8. The molecule has 1 amide bonds. The first-order valence-electron chi connectivity index (χ1n) is 17.3. The van der Waals surface area contributed by atoms with Gasteiger partial charge in [0.05, 0.1) is 32.0 Å². The highest BCUT2D eigenvalue weighted by atomic mass is 16.7. The minimum absolute atomic E-state index is 0.165. The number of carbonyl (C=O) groups is 2. The third-order valence-electron chi connectivity index (χ3n) is 8.54. The first-order chi connectivity index (χ1) is 25.5. The third kappa shape index (κ3) is 10.6. The highest BCUT2D eigenvalue weighted by Gasteiger charge is 2.49. The number of rotatable bonds is 16. The highest BCUT2D eigenvalue weighted by Crippen LogP contribution is 2.30. The third-order valence-corrected chi connectivity index (χ3v) is 8.54. The fourth-order valence-corrected chi connectivity index (χ4v) is 5.94. The number of esters is 1. The Bertz CT molecular complexity index is 1810. The normalized spacial score (nSPS) is 19.8. The summed E-state index contributed by atoms with van der Waals surface area (Å²) in [7, 11) is 0. The van der Waals surface area contributed by atoms with Crippen LogP contribution in [0.1, 0.15) is 39.5 Å². The molecule has 5 atom stereocenters. The molecule has 1 heterocycles. The molecule has 1 aliphatic heterocycles. The minimum atomic E-state index is -0.998. The van der Waals surface area contributed by atoms with Crippen molar-refractivity contribution in [3.05, 3.63) is 173 Å². The van der Waals surface area contributed by atoms with Gasteiger partial charge in [-0.05, 0) is 46.5 Å². The van der Waals surface area contributed by atoms with Crippen LogP contribution in [0.3, 0.4) is 0 Å². The lowest BCUT2D eigenvalue weighted by Crippen LogP contribution is -2.66. The van der Waals surface area contributed by atoms with Gasteiger partial charge in [-0.1, -0.05) is 121 Å². The van der Waals surface area contributed by atoms with Crippen molar-refractivity contribution >= 4 is 11.9 Å². The van der Waals surface area contributed by atoms with E-state index in [2.05, 4.69) is 5.32 Å². The van der Waals surface area contributed by atoms with Crippen molar-refractivity contribution in [2.45, 2.75) is 64.0 Å². The Morgan fingerprint density at radius 3 is 1.60 bits per heavy atom. The lowest BCUT2D eigenvalue weighted by atomic mass is 9.95. The molecule has 0 aliphatic carbocycles. The summed E-state index contributed by atoms with van der Waals surface area (Å²) in [6, 6.07) is 44.9. The Morgan fingerprint density at radius 2 is 1.08 bits per heavy atom. The zero-order valence-electron chi connectivity index (χ0n) is 29.0. The lowest BCUT2D eigenvalue weighted by Gasteiger charge is -2.46. The van der Waals surface area contributed by atoms with Crippen molar-refractivity contribution in [1.82, 2.24) is 5.32 Å². The first-order valence-corrected chi connectivity index (χ1v) is 17.3. The molecular formula is C43H43NO8. The van der Waals surface area contributed by atoms with E-state index in [1.54, 1.807) is 24.3 Å². The maximum Gasteiger partial charge on any atom is 0.338 e. The number of hydrogen-bond donors (Lipinski definition) is 1. The second-order valence-corrected chi connectivity index (χ2v) is 12.5. The summed E-state index contributed by atoms with van der Waals surface area (Å²) in [6.45, 7) is 2.68. The van der Waals surface area contributed by atoms with Crippen molar-refractivity contribution in [3.8, 4) is 5.75 Å². The van der Waals surface area contributed by atoms with Crippen LogP contribution in [-0.2, 0) is 54.9 Å². The lowest BCUT2D eigenvalue weighted by molar-refractivity contribution is -0.270. The average molecular weight is 702 g/mol. The topological polar surface area (TPSA) is 102 Å². The molecule has 0 aromatic heterocycles. The molecule has 0 radical (unpaired) electrons. The standard InChI is InChI=1S/C43H43NO8/c1-31(45)44-39-41(49-28-34-18-10-4-11-19-34)40(48-27-33-16-8-3-9-17-33)38(30-47-26-32-14-6-2-7-15-32)52-43(39)51-37-24-22-36(23-25-37)42(46)50-29-35-20-12-5-13-21-35/h2-25,38-41,43H,26-30H2,1H3,(H,44,45)/t38-,39-,40-,41-,43+/m1/s1. The Morgan fingerprint density at radius 1 is 0.596 bits per heavy atom. The summed E-state index contributed by atoms with van der Waals surface area (Å²) in [5.74, 6) is -0.314. The molecule has 1 aliphatic rings. The van der Waals surface area contributed by atoms with Crippen LogP contribution in [0.25, 0.3) is 0 Å². The largest absolute Gasteiger partial charge is 0.463 e. The van der Waals surface area contributed by atoms with E-state index < -0.39 is 36.6 Å². The van der Waals surface area contributed by atoms with Crippen LogP contribution >= 0.6 is 0 Å². The molecule has 1 fully saturated rings. The van der Waals surface area contributed by atoms with E-state index in [1.165, 1.54) is 6.92 Å². The van der Waals surface area contributed by atoms with Crippen molar-refractivity contribution in [2.24, 2.45) is 0 Å². The van der Waals surface area contributed by atoms with E-state index in [9.17, 15) is 9.59 Å². The van der Waals surface area contributed by atoms with Gasteiger partial charge in [0.1, 0.15) is 36.7 Å². The molecule has 1 saturated heterocycles. The van der Waals surface area contributed by atoms with Crippen LogP contribution in [0, 0.1) is 0 Å². The molecule has 0 bridgehead atoms. The zero-order valence-corrected chi connectivity index (χ0v) is 29.0. The van der Waals surface area contributed by atoms with Crippen molar-refractivity contribution in [2.75, 3.05) is 6.61 Å². The van der Waals surface area contributed by atoms with Crippen LogP contribution in [-0.4, -0.2) is 49.1 Å². The van der Waals surface area contributed by atoms with Gasteiger partial charge in [0, 0.05) is 6.92 Å². The van der Waals surface area contributed by atoms with Gasteiger partial charge in [0.25, 0.3) is 0 Å². The second kappa shape index (κ2) is 18.8. The summed E-state index contributed by atoms with van der Waals surface area (Å²) in [5.41, 5.74) is 4.22. The SMILES string of the molecule is CC(=O)N[C@H]1[C@@H](Oc2ccc(C(=O)OCc3ccccc3)cc2)O[C@H](COCc2ccccc2)[C@@H](OCc2ccccc2)[C@@H]1OCc1ccccc1. The van der Waals surface area contributed by atoms with Gasteiger partial charge < -0.3 is 33.7 Å². The van der Waals surface area contributed by atoms with E-state index in [0.717, 1.165) is 22.3 Å². The number of ether oxygens (including phenoxy) is 6. The van der Waals surface area contributed by atoms with Gasteiger partial charge in [-0.25, -0.2) is 4.79 Å². The summed E-state index contributed by atoms with van der Waals surface area (Å²) >= 11 is 0. The Labute approximate surface area is 304 Å². The van der Waals surface area contributed by atoms with E-state index in [1.807, 2.05) is 121 Å². The maximum absolute atomic E-state index is 12.8. The molecule has 52 heavy (non-hydrogen) atoms. The summed E-state index contributed by atoms with van der Waals surface area (Å²) < 4.78 is 38.0. The molecule has 0 saturated carbocycles. The van der Waals surface area contributed by atoms with E-state index in [0.29, 0.717) is 17.9 Å². The quantitative estimate of drug-likeness (QED) is 0.109. The van der Waals surface area contributed by atoms with Gasteiger partial charge in [-0.3, -0.25) is 4.79 Å². The monoisotopic (exact) mass is 701 g/mol. The van der Waals surface area contributed by atoms with Gasteiger partial charge in [0.2, 0.25) is 12.2 Å². The molecule has 5 aromatic carbocycles. The van der Waals surface area contributed by atoms with Crippen LogP contribution in [0.4, 0.5) is 0 Å². The molecular weight excluding hydrogens is 658 g/mol. The van der Waals surface area contributed by atoms with E-state index >= 15 is 0 Å². The predicted octanol–water partition coefficient (Wildman–Crippen LogP) is 7.04. The molecule has 9 nitrogen and oxygen atoms in total. The van der Waals surface area contributed by atoms with Crippen LogP contribution in [0.2, 0.25) is 0 Å². The van der Waals surface area contributed by atoms with Crippen LogP contribution in [0.5, 0.6) is 5.75 Å². The molecule has 1 N–H and O–H groups in total. The highest BCUT2D eigenvalue weighted by molar-refractivity contribution is 5.89. The number of carbonyl (C=O) groups excluding carboxylic acids is 2. The summed E-state index contributed by atoms with van der Waals surface area (Å²) in [4.78, 5) is 25.5. The van der Waals surface area contributed by atoms with Gasteiger partial charge in [-0.15, -0.1) is 0 Å². The Hall–Kier alpha value is -5.32. The number of benzene rings is 5. The first kappa shape index (κ1) is 36.5. The molecule has 6 rings (SSSR count). The zero-order chi connectivity index (χ0) is 36.0. The predicted molar refractivity (Wildman–Crippen MR) is 195 cm³/mol. The fraction of sp³-hybridized carbons (Fsp3) is 0.256. The fourth-order valence-electron chi connectivity index (χ4n) is 5.94. The number of nitrogens with one attached hydrogen (secondary N) is 1. The molecule has 0 spiro atoms. The second-order valence-electron chi connectivity index (χ2n) is 12.5. The van der Waals surface area contributed by atoms with Gasteiger partial charge in [-0.2, -0.15) is 0 Å². The van der Waals surface area contributed by atoms with Crippen LogP contribution in [0.15, 0.2) is 146 Å². The van der Waals surface area contributed by atoms with Gasteiger partial charge in [0.15, 0.2) is 0 Å². The average Bonchev–Trinajstić information content (AvgIpc) is 3.18. The van der Waals surface area contributed by atoms with E-state index in [-0.39, 0.29) is 32.3 Å². The minimum Gasteiger partial charge on any atom is -0.463 e. The molecule has 268 valence electrons. The molecule has 9 heteroatoms. The van der Waals surface area contributed by atoms with Crippen molar-refractivity contribution < 1.29 is 38.0 Å². The molecule has 5 aromatic rings. The number of hydrogen-bond acceptors (Lipinski definition) is 8.